The Bertz CT molecular complexity index is 504. The Kier molecular flexibility index (Phi) is 5.16. The van der Waals surface area contributed by atoms with E-state index in [1.807, 2.05) is 45.0 Å². The Balaban J connectivity index is 1.93. The van der Waals surface area contributed by atoms with Gasteiger partial charge in [0, 0.05) is 44.1 Å². The molecule has 1 fully saturated rings. The Labute approximate surface area is 133 Å². The summed E-state index contributed by atoms with van der Waals surface area (Å²) >= 11 is 0. The average molecular weight is 307 g/mol. The minimum Gasteiger partial charge on any atom is -0.444 e. The van der Waals surface area contributed by atoms with Crippen molar-refractivity contribution in [3.05, 3.63) is 24.0 Å². The summed E-state index contributed by atoms with van der Waals surface area (Å²) in [5.41, 5.74) is 0.807. The second-order valence-corrected chi connectivity index (χ2v) is 7.15. The van der Waals surface area contributed by atoms with Crippen LogP contribution in [-0.2, 0) is 18.3 Å². The third kappa shape index (κ3) is 4.26. The van der Waals surface area contributed by atoms with Crippen LogP contribution in [-0.4, -0.2) is 39.8 Å². The van der Waals surface area contributed by atoms with Gasteiger partial charge in [-0.2, -0.15) is 0 Å². The van der Waals surface area contributed by atoms with E-state index in [-0.39, 0.29) is 12.1 Å². The molecule has 0 aromatic carbocycles. The van der Waals surface area contributed by atoms with Gasteiger partial charge in [0.1, 0.15) is 5.60 Å². The van der Waals surface area contributed by atoms with Crippen molar-refractivity contribution >= 4 is 6.09 Å². The molecule has 22 heavy (non-hydrogen) atoms. The Morgan fingerprint density at radius 3 is 2.77 bits per heavy atom. The first kappa shape index (κ1) is 16.9. The number of amides is 1. The number of nitrogens with zero attached hydrogens (tertiary/aromatic N) is 2. The molecule has 2 atom stereocenters. The second-order valence-electron chi connectivity index (χ2n) is 7.15. The number of aryl methyl sites for hydroxylation is 1. The lowest BCUT2D eigenvalue weighted by molar-refractivity contribution is 0.00696. The van der Waals surface area contributed by atoms with E-state index < -0.39 is 5.60 Å². The summed E-state index contributed by atoms with van der Waals surface area (Å²) in [4.78, 5) is 14.2. The molecule has 0 saturated carbocycles. The third-order valence-corrected chi connectivity index (χ3v) is 4.21. The molecular formula is C17H29N3O2. The van der Waals surface area contributed by atoms with Gasteiger partial charge in [-0.05, 0) is 52.7 Å². The largest absolute Gasteiger partial charge is 0.444 e. The zero-order valence-electron chi connectivity index (χ0n) is 14.4. The maximum absolute atomic E-state index is 12.3. The normalized spacial score (nSPS) is 22.7. The Morgan fingerprint density at radius 1 is 1.45 bits per heavy atom. The molecular weight excluding hydrogens is 278 g/mol. The molecule has 1 aliphatic heterocycles. The highest BCUT2D eigenvalue weighted by Crippen LogP contribution is 2.21. The first-order chi connectivity index (χ1) is 10.3. The van der Waals surface area contributed by atoms with Crippen LogP contribution in [0.1, 0.15) is 46.2 Å². The summed E-state index contributed by atoms with van der Waals surface area (Å²) in [6, 6.07) is 4.61. The molecule has 1 N–H and O–H groups in total. The van der Waals surface area contributed by atoms with Crippen LogP contribution in [0.15, 0.2) is 18.3 Å². The van der Waals surface area contributed by atoms with Crippen molar-refractivity contribution in [1.82, 2.24) is 14.8 Å². The minimum absolute atomic E-state index is 0.142. The van der Waals surface area contributed by atoms with Gasteiger partial charge >= 0.3 is 6.09 Å². The highest BCUT2D eigenvalue weighted by molar-refractivity contribution is 5.68. The number of hydrogen-bond acceptors (Lipinski definition) is 3. The number of carbonyl (C=O) groups is 1. The lowest BCUT2D eigenvalue weighted by Gasteiger charge is -2.40. The fourth-order valence-electron chi connectivity index (χ4n) is 2.91. The fraction of sp³-hybridized carbons (Fsp3) is 0.706. The molecule has 1 saturated heterocycles. The maximum Gasteiger partial charge on any atom is 0.410 e. The van der Waals surface area contributed by atoms with Gasteiger partial charge in [0.2, 0.25) is 0 Å². The van der Waals surface area contributed by atoms with Crippen molar-refractivity contribution in [3.8, 4) is 0 Å². The number of carbonyl (C=O) groups excluding carboxylic acids is 1. The molecule has 1 aromatic rings. The molecule has 1 amide bonds. The Morgan fingerprint density at radius 2 is 2.18 bits per heavy atom. The zero-order chi connectivity index (χ0) is 16.3. The van der Waals surface area contributed by atoms with Crippen LogP contribution >= 0.6 is 0 Å². The van der Waals surface area contributed by atoms with Gasteiger partial charge in [0.25, 0.3) is 0 Å². The van der Waals surface area contributed by atoms with Gasteiger partial charge in [-0.1, -0.05) is 0 Å². The molecule has 1 aromatic heterocycles. The van der Waals surface area contributed by atoms with E-state index in [2.05, 4.69) is 22.9 Å². The predicted octanol–water partition coefficient (Wildman–Crippen LogP) is 2.90. The van der Waals surface area contributed by atoms with E-state index in [4.69, 9.17) is 4.74 Å². The monoisotopic (exact) mass is 307 g/mol. The van der Waals surface area contributed by atoms with Crippen molar-refractivity contribution in [1.29, 1.82) is 0 Å². The van der Waals surface area contributed by atoms with Gasteiger partial charge in [-0.3, -0.25) is 0 Å². The number of piperidine rings is 1. The molecule has 2 unspecified atom stereocenters. The standard InChI is InChI=1S/C17H29N3O2/c1-13-15(18-12-14-8-6-10-19(14)5)9-7-11-20(13)16(21)22-17(2,3)4/h6,8,10,13,15,18H,7,9,11-12H2,1-5H3. The van der Waals surface area contributed by atoms with E-state index in [1.165, 1.54) is 5.69 Å². The lowest BCUT2D eigenvalue weighted by atomic mass is 9.98. The number of aromatic nitrogens is 1. The fourth-order valence-corrected chi connectivity index (χ4v) is 2.91. The number of likely N-dealkylation sites (tertiary alicyclic amines) is 1. The molecule has 1 aliphatic rings. The van der Waals surface area contributed by atoms with Crippen LogP contribution in [0.4, 0.5) is 4.79 Å². The van der Waals surface area contributed by atoms with Crippen LogP contribution < -0.4 is 5.32 Å². The van der Waals surface area contributed by atoms with Gasteiger partial charge in [0.05, 0.1) is 0 Å². The molecule has 0 bridgehead atoms. The van der Waals surface area contributed by atoms with Gasteiger partial charge < -0.3 is 19.5 Å². The number of rotatable bonds is 3. The van der Waals surface area contributed by atoms with E-state index in [0.717, 1.165) is 25.9 Å². The summed E-state index contributed by atoms with van der Waals surface area (Å²) < 4.78 is 7.64. The second kappa shape index (κ2) is 6.73. The van der Waals surface area contributed by atoms with Crippen molar-refractivity contribution in [2.45, 2.75) is 64.8 Å². The topological polar surface area (TPSA) is 46.5 Å². The number of ether oxygens (including phenoxy) is 1. The molecule has 5 heteroatoms. The summed E-state index contributed by atoms with van der Waals surface area (Å²) in [6.07, 6.45) is 3.94. The van der Waals surface area contributed by atoms with Crippen LogP contribution in [0.25, 0.3) is 0 Å². The summed E-state index contributed by atoms with van der Waals surface area (Å²) in [6.45, 7) is 9.42. The number of hydrogen-bond donors (Lipinski definition) is 1. The molecule has 2 rings (SSSR count). The van der Waals surface area contributed by atoms with E-state index >= 15 is 0 Å². The van der Waals surface area contributed by atoms with Crippen molar-refractivity contribution in [2.75, 3.05) is 6.54 Å². The summed E-state index contributed by atoms with van der Waals surface area (Å²) in [7, 11) is 2.05. The third-order valence-electron chi connectivity index (χ3n) is 4.21. The predicted molar refractivity (Wildman–Crippen MR) is 87.7 cm³/mol. The van der Waals surface area contributed by atoms with Crippen LogP contribution in [0.3, 0.4) is 0 Å². The van der Waals surface area contributed by atoms with E-state index in [9.17, 15) is 4.79 Å². The van der Waals surface area contributed by atoms with E-state index in [0.29, 0.717) is 6.04 Å². The molecule has 0 spiro atoms. The first-order valence-electron chi connectivity index (χ1n) is 8.11. The molecule has 124 valence electrons. The highest BCUT2D eigenvalue weighted by atomic mass is 16.6. The zero-order valence-corrected chi connectivity index (χ0v) is 14.4. The van der Waals surface area contributed by atoms with Gasteiger partial charge in [-0.25, -0.2) is 4.79 Å². The lowest BCUT2D eigenvalue weighted by Crippen LogP contribution is -2.55. The molecule has 0 radical (unpaired) electrons. The number of nitrogens with one attached hydrogen (secondary N) is 1. The first-order valence-corrected chi connectivity index (χ1v) is 8.11. The van der Waals surface area contributed by atoms with Crippen molar-refractivity contribution in [3.63, 3.8) is 0 Å². The minimum atomic E-state index is -0.444. The summed E-state index contributed by atoms with van der Waals surface area (Å²) in [5, 5.41) is 3.59. The van der Waals surface area contributed by atoms with Crippen LogP contribution in [0.2, 0.25) is 0 Å². The van der Waals surface area contributed by atoms with Crippen molar-refractivity contribution < 1.29 is 9.53 Å². The van der Waals surface area contributed by atoms with Crippen molar-refractivity contribution in [2.24, 2.45) is 7.05 Å². The Hall–Kier alpha value is -1.49. The summed E-state index contributed by atoms with van der Waals surface area (Å²) in [5.74, 6) is 0. The smallest absolute Gasteiger partial charge is 0.410 e. The average Bonchev–Trinajstić information content (AvgIpc) is 2.81. The van der Waals surface area contributed by atoms with Crippen LogP contribution in [0, 0.1) is 0 Å². The maximum atomic E-state index is 12.3. The highest BCUT2D eigenvalue weighted by Gasteiger charge is 2.33. The molecule has 0 aliphatic carbocycles. The van der Waals surface area contributed by atoms with Crippen LogP contribution in [0.5, 0.6) is 0 Å². The quantitative estimate of drug-likeness (QED) is 0.934. The van der Waals surface area contributed by atoms with E-state index in [1.54, 1.807) is 0 Å². The SMILES string of the molecule is CC1C(NCc2cccn2C)CCCN1C(=O)OC(C)(C)C. The molecule has 2 heterocycles. The van der Waals surface area contributed by atoms with Gasteiger partial charge in [-0.15, -0.1) is 0 Å². The molecule has 5 nitrogen and oxygen atoms in total. The van der Waals surface area contributed by atoms with Gasteiger partial charge in [0.15, 0.2) is 0 Å².